The van der Waals surface area contributed by atoms with E-state index >= 15 is 0 Å². The van der Waals surface area contributed by atoms with Crippen molar-refractivity contribution in [2.45, 2.75) is 27.0 Å². The number of esters is 1. The van der Waals surface area contributed by atoms with E-state index in [1.54, 1.807) is 23.9 Å². The zero-order chi connectivity index (χ0) is 16.1. The number of nitrogens with one attached hydrogen (secondary N) is 1. The molecular formula is C15H19N3O4. The first-order valence-corrected chi connectivity index (χ1v) is 7.13. The fourth-order valence-corrected chi connectivity index (χ4v) is 2.15. The molecule has 2 aromatic heterocycles. The van der Waals surface area contributed by atoms with Gasteiger partial charge in [0.05, 0.1) is 12.2 Å². The number of nitrogens with zero attached hydrogens (tertiary/aromatic N) is 2. The maximum atomic E-state index is 12.5. The number of hydrogen-bond donors (Lipinski definition) is 1. The molecule has 1 unspecified atom stereocenters. The lowest BCUT2D eigenvalue weighted by Gasteiger charge is -2.16. The molecule has 0 aliphatic rings. The van der Waals surface area contributed by atoms with Crippen molar-refractivity contribution < 1.29 is 14.3 Å². The van der Waals surface area contributed by atoms with E-state index in [9.17, 15) is 9.59 Å². The second kappa shape index (κ2) is 7.04. The Labute approximate surface area is 127 Å². The molecule has 0 bridgehead atoms. The lowest BCUT2D eigenvalue weighted by Crippen LogP contribution is -2.21. The van der Waals surface area contributed by atoms with Gasteiger partial charge in [0.1, 0.15) is 17.6 Å². The minimum absolute atomic E-state index is 0.0436. The van der Waals surface area contributed by atoms with Crippen LogP contribution in [0.4, 0.5) is 0 Å². The maximum Gasteiger partial charge on any atom is 0.343 e. The van der Waals surface area contributed by atoms with Crippen LogP contribution in [0.25, 0.3) is 11.4 Å². The Bertz CT molecular complexity index is 705. The number of hydrogen-bond acceptors (Lipinski definition) is 5. The lowest BCUT2D eigenvalue weighted by molar-refractivity contribution is 0.0259. The second-order valence-electron chi connectivity index (χ2n) is 4.55. The molecule has 0 fully saturated rings. The molecule has 0 amide bonds. The Kier molecular flexibility index (Phi) is 5.11. The Morgan fingerprint density at radius 2 is 2.14 bits per heavy atom. The van der Waals surface area contributed by atoms with Crippen LogP contribution < -0.4 is 5.43 Å². The number of pyridine rings is 1. The molecule has 0 spiro atoms. The van der Waals surface area contributed by atoms with Crippen molar-refractivity contribution in [2.75, 3.05) is 13.2 Å². The normalized spacial score (nSPS) is 12.1. The topological polar surface area (TPSA) is 86.2 Å². The Morgan fingerprint density at radius 1 is 1.36 bits per heavy atom. The van der Waals surface area contributed by atoms with Crippen molar-refractivity contribution in [1.29, 1.82) is 0 Å². The molecule has 22 heavy (non-hydrogen) atoms. The number of ether oxygens (including phenoxy) is 2. The summed E-state index contributed by atoms with van der Waals surface area (Å²) < 4.78 is 12.1. The number of carbonyl (C=O) groups is 1. The van der Waals surface area contributed by atoms with Gasteiger partial charge in [0.25, 0.3) is 0 Å². The first kappa shape index (κ1) is 16.0. The highest BCUT2D eigenvalue weighted by molar-refractivity contribution is 5.90. The van der Waals surface area contributed by atoms with Crippen molar-refractivity contribution in [1.82, 2.24) is 14.5 Å². The number of aromatic amines is 1. The molecule has 0 saturated heterocycles. The van der Waals surface area contributed by atoms with Gasteiger partial charge in [-0.05, 0) is 20.8 Å². The first-order valence-electron chi connectivity index (χ1n) is 7.13. The van der Waals surface area contributed by atoms with Crippen LogP contribution in [0.2, 0.25) is 0 Å². The summed E-state index contributed by atoms with van der Waals surface area (Å²) in [6, 6.07) is 0. The summed E-state index contributed by atoms with van der Waals surface area (Å²) in [6.07, 6.45) is 5.90. The number of rotatable bonds is 6. The molecule has 7 heteroatoms. The van der Waals surface area contributed by atoms with Gasteiger partial charge in [0, 0.05) is 31.4 Å². The van der Waals surface area contributed by atoms with E-state index in [2.05, 4.69) is 9.97 Å². The van der Waals surface area contributed by atoms with E-state index in [0.29, 0.717) is 18.0 Å². The van der Waals surface area contributed by atoms with Gasteiger partial charge in [-0.3, -0.25) is 4.79 Å². The second-order valence-corrected chi connectivity index (χ2v) is 4.55. The number of H-pyrrole nitrogens is 1. The minimum Gasteiger partial charge on any atom is -0.462 e. The van der Waals surface area contributed by atoms with Gasteiger partial charge in [-0.1, -0.05) is 0 Å². The van der Waals surface area contributed by atoms with Crippen LogP contribution >= 0.6 is 0 Å². The molecule has 2 aromatic rings. The average molecular weight is 305 g/mol. The predicted octanol–water partition coefficient (Wildman–Crippen LogP) is 1.97. The van der Waals surface area contributed by atoms with Crippen LogP contribution in [0.1, 0.15) is 37.4 Å². The van der Waals surface area contributed by atoms with Crippen LogP contribution in [0.3, 0.4) is 0 Å². The largest absolute Gasteiger partial charge is 0.462 e. The van der Waals surface area contributed by atoms with Crippen molar-refractivity contribution in [3.63, 3.8) is 0 Å². The molecule has 1 N–H and O–H groups in total. The highest BCUT2D eigenvalue weighted by Gasteiger charge is 2.19. The molecule has 0 aliphatic carbocycles. The van der Waals surface area contributed by atoms with Crippen molar-refractivity contribution in [3.05, 3.63) is 40.6 Å². The molecule has 1 atom stereocenters. The summed E-state index contributed by atoms with van der Waals surface area (Å²) in [5.74, 6) is -0.213. The zero-order valence-electron chi connectivity index (χ0n) is 12.8. The third kappa shape index (κ3) is 3.09. The first-order chi connectivity index (χ1) is 10.6. The number of imidazole rings is 1. The highest BCUT2D eigenvalue weighted by atomic mass is 16.5. The number of carbonyl (C=O) groups excluding carboxylic acids is 1. The van der Waals surface area contributed by atoms with Gasteiger partial charge in [0.2, 0.25) is 5.43 Å². The van der Waals surface area contributed by atoms with Gasteiger partial charge in [-0.15, -0.1) is 0 Å². The van der Waals surface area contributed by atoms with Gasteiger partial charge >= 0.3 is 5.97 Å². The molecule has 0 aliphatic heterocycles. The smallest absolute Gasteiger partial charge is 0.343 e. The summed E-state index contributed by atoms with van der Waals surface area (Å²) in [6.45, 7) is 6.18. The summed E-state index contributed by atoms with van der Waals surface area (Å²) >= 11 is 0. The number of aromatic nitrogens is 3. The SMILES string of the molecule is CCOC(=O)c1c[nH]cc(-c2nccn2C(C)OCC)c1=O. The molecule has 0 aromatic carbocycles. The van der Waals surface area contributed by atoms with E-state index in [1.807, 2.05) is 13.8 Å². The van der Waals surface area contributed by atoms with Gasteiger partial charge in [-0.25, -0.2) is 9.78 Å². The van der Waals surface area contributed by atoms with Crippen molar-refractivity contribution in [2.24, 2.45) is 0 Å². The molecule has 0 radical (unpaired) electrons. The van der Waals surface area contributed by atoms with Crippen LogP contribution in [0.15, 0.2) is 29.6 Å². The predicted molar refractivity (Wildman–Crippen MR) is 80.6 cm³/mol. The van der Waals surface area contributed by atoms with Gasteiger partial charge < -0.3 is 19.0 Å². The standard InChI is InChI=1S/C15H19N3O4/c1-4-21-10(3)18-7-6-17-14(18)11-8-16-9-12(13(11)19)15(20)22-5-2/h6-10H,4-5H2,1-3H3,(H,16,19). The Morgan fingerprint density at radius 3 is 2.82 bits per heavy atom. The van der Waals surface area contributed by atoms with E-state index in [1.165, 1.54) is 12.4 Å². The molecule has 118 valence electrons. The van der Waals surface area contributed by atoms with Crippen LogP contribution in [-0.4, -0.2) is 33.7 Å². The molecule has 7 nitrogen and oxygen atoms in total. The lowest BCUT2D eigenvalue weighted by atomic mass is 10.2. The van der Waals surface area contributed by atoms with E-state index in [4.69, 9.17) is 9.47 Å². The molecule has 0 saturated carbocycles. The van der Waals surface area contributed by atoms with Crippen molar-refractivity contribution in [3.8, 4) is 11.4 Å². The Hall–Kier alpha value is -2.41. The van der Waals surface area contributed by atoms with Gasteiger partial charge in [0.15, 0.2) is 0 Å². The third-order valence-electron chi connectivity index (χ3n) is 3.15. The summed E-state index contributed by atoms with van der Waals surface area (Å²) in [7, 11) is 0. The third-order valence-corrected chi connectivity index (χ3v) is 3.15. The molecule has 2 heterocycles. The monoisotopic (exact) mass is 305 g/mol. The molecular weight excluding hydrogens is 286 g/mol. The average Bonchev–Trinajstić information content (AvgIpc) is 2.97. The van der Waals surface area contributed by atoms with Gasteiger partial charge in [-0.2, -0.15) is 0 Å². The van der Waals surface area contributed by atoms with E-state index in [-0.39, 0.29) is 18.4 Å². The van der Waals surface area contributed by atoms with E-state index < -0.39 is 11.4 Å². The van der Waals surface area contributed by atoms with Crippen LogP contribution in [0, 0.1) is 0 Å². The zero-order valence-corrected chi connectivity index (χ0v) is 12.8. The minimum atomic E-state index is -0.651. The van der Waals surface area contributed by atoms with Crippen LogP contribution in [0.5, 0.6) is 0 Å². The van der Waals surface area contributed by atoms with E-state index in [0.717, 1.165) is 0 Å². The summed E-state index contributed by atoms with van der Waals surface area (Å²) in [5.41, 5.74) is -0.173. The molecule has 2 rings (SSSR count). The Balaban J connectivity index is 2.47. The van der Waals surface area contributed by atoms with Crippen molar-refractivity contribution >= 4 is 5.97 Å². The van der Waals surface area contributed by atoms with Crippen LogP contribution in [-0.2, 0) is 9.47 Å². The fraction of sp³-hybridized carbons (Fsp3) is 0.400. The maximum absolute atomic E-state index is 12.5. The summed E-state index contributed by atoms with van der Waals surface area (Å²) in [4.78, 5) is 31.3. The highest BCUT2D eigenvalue weighted by Crippen LogP contribution is 2.19. The summed E-state index contributed by atoms with van der Waals surface area (Å²) in [5, 5.41) is 0. The fourth-order valence-electron chi connectivity index (χ4n) is 2.15. The quantitative estimate of drug-likeness (QED) is 0.825.